The smallest absolute Gasteiger partial charge is 0.323 e. The summed E-state index contributed by atoms with van der Waals surface area (Å²) < 4.78 is 10.4. The Bertz CT molecular complexity index is 453. The molecule has 1 aromatic carbocycles. The van der Waals surface area contributed by atoms with E-state index < -0.39 is 0 Å². The maximum atomic E-state index is 11.3. The molecule has 1 aromatic rings. The van der Waals surface area contributed by atoms with Crippen LogP contribution in [0.2, 0.25) is 10.0 Å². The van der Waals surface area contributed by atoms with Crippen molar-refractivity contribution in [3.63, 3.8) is 0 Å². The van der Waals surface area contributed by atoms with Gasteiger partial charge >= 0.3 is 5.97 Å². The molecule has 0 bridgehead atoms. The van der Waals surface area contributed by atoms with Crippen molar-refractivity contribution in [1.29, 1.82) is 0 Å². The van der Waals surface area contributed by atoms with Gasteiger partial charge < -0.3 is 14.8 Å². The highest BCUT2D eigenvalue weighted by Gasteiger charge is 2.31. The van der Waals surface area contributed by atoms with Gasteiger partial charge in [0.15, 0.2) is 0 Å². The first kappa shape index (κ1) is 13.5. The molecule has 6 heteroatoms. The fourth-order valence-corrected chi connectivity index (χ4v) is 2.32. The number of halogens is 2. The number of hydrogen-bond donors (Lipinski definition) is 1. The number of benzene rings is 1. The molecule has 0 spiro atoms. The lowest BCUT2D eigenvalue weighted by Gasteiger charge is -2.14. The number of hydrogen-bond acceptors (Lipinski definition) is 4. The second-order valence-electron chi connectivity index (χ2n) is 4.03. The van der Waals surface area contributed by atoms with Gasteiger partial charge in [0.25, 0.3) is 0 Å². The lowest BCUT2D eigenvalue weighted by atomic mass is 10.2. The minimum atomic E-state index is -0.314. The zero-order valence-electron chi connectivity index (χ0n) is 9.78. The van der Waals surface area contributed by atoms with Gasteiger partial charge in [0.2, 0.25) is 0 Å². The van der Waals surface area contributed by atoms with Crippen molar-refractivity contribution in [3.8, 4) is 5.75 Å². The Labute approximate surface area is 115 Å². The molecule has 1 saturated heterocycles. The predicted octanol–water partition coefficient (Wildman–Crippen LogP) is 2.28. The Morgan fingerprint density at radius 2 is 2.22 bits per heavy atom. The molecule has 1 heterocycles. The predicted molar refractivity (Wildman–Crippen MR) is 69.3 cm³/mol. The van der Waals surface area contributed by atoms with Gasteiger partial charge in [0, 0.05) is 18.0 Å². The van der Waals surface area contributed by atoms with E-state index in [1.54, 1.807) is 18.2 Å². The van der Waals surface area contributed by atoms with E-state index in [1.807, 2.05) is 0 Å². The Hall–Kier alpha value is -0.970. The van der Waals surface area contributed by atoms with Gasteiger partial charge in [-0.1, -0.05) is 23.2 Å². The minimum absolute atomic E-state index is 0.104. The topological polar surface area (TPSA) is 47.6 Å². The molecular weight excluding hydrogens is 277 g/mol. The number of carbonyl (C=O) groups excluding carboxylic acids is 1. The highest BCUT2D eigenvalue weighted by atomic mass is 35.5. The lowest BCUT2D eigenvalue weighted by Crippen LogP contribution is -2.31. The lowest BCUT2D eigenvalue weighted by molar-refractivity contribution is -0.142. The normalized spacial score (nSPS) is 22.8. The van der Waals surface area contributed by atoms with E-state index in [0.29, 0.717) is 28.8 Å². The van der Waals surface area contributed by atoms with Gasteiger partial charge in [-0.25, -0.2) is 0 Å². The summed E-state index contributed by atoms with van der Waals surface area (Å²) in [5.74, 6) is 0.293. The standard InChI is InChI=1S/C12H13Cl2NO3/c1-17-12(16)10-5-8(6-15-10)18-11-3-2-7(13)4-9(11)14/h2-4,8,10,15H,5-6H2,1H3/t8-,10-/m1/s1. The highest BCUT2D eigenvalue weighted by molar-refractivity contribution is 6.35. The quantitative estimate of drug-likeness (QED) is 0.868. The molecular formula is C12H13Cl2NO3. The first-order chi connectivity index (χ1) is 8.60. The van der Waals surface area contributed by atoms with Crippen molar-refractivity contribution < 1.29 is 14.3 Å². The van der Waals surface area contributed by atoms with E-state index in [-0.39, 0.29) is 18.1 Å². The maximum absolute atomic E-state index is 11.3. The Kier molecular flexibility index (Phi) is 4.32. The van der Waals surface area contributed by atoms with Crippen LogP contribution in [0.5, 0.6) is 5.75 Å². The van der Waals surface area contributed by atoms with Crippen molar-refractivity contribution >= 4 is 29.2 Å². The van der Waals surface area contributed by atoms with E-state index >= 15 is 0 Å². The van der Waals surface area contributed by atoms with Gasteiger partial charge in [0.1, 0.15) is 17.9 Å². The number of carbonyl (C=O) groups is 1. The van der Waals surface area contributed by atoms with E-state index in [0.717, 1.165) is 0 Å². The molecule has 0 amide bonds. The molecule has 1 fully saturated rings. The molecule has 0 unspecified atom stereocenters. The summed E-state index contributed by atoms with van der Waals surface area (Å²) >= 11 is 11.8. The van der Waals surface area contributed by atoms with E-state index in [4.69, 9.17) is 27.9 Å². The number of methoxy groups -OCH3 is 1. The first-order valence-electron chi connectivity index (χ1n) is 5.53. The van der Waals surface area contributed by atoms with Crippen LogP contribution in [0, 0.1) is 0 Å². The monoisotopic (exact) mass is 289 g/mol. The van der Waals surface area contributed by atoms with Crippen molar-refractivity contribution in [2.45, 2.75) is 18.6 Å². The van der Waals surface area contributed by atoms with E-state index in [2.05, 4.69) is 10.1 Å². The summed E-state index contributed by atoms with van der Waals surface area (Å²) in [7, 11) is 1.37. The summed E-state index contributed by atoms with van der Waals surface area (Å²) in [5.41, 5.74) is 0. The van der Waals surface area contributed by atoms with Crippen LogP contribution in [0.25, 0.3) is 0 Å². The number of rotatable bonds is 3. The van der Waals surface area contributed by atoms with Crippen molar-refractivity contribution in [2.24, 2.45) is 0 Å². The van der Waals surface area contributed by atoms with Crippen LogP contribution < -0.4 is 10.1 Å². The molecule has 1 aliphatic heterocycles. The van der Waals surface area contributed by atoms with Crippen LogP contribution in [0.1, 0.15) is 6.42 Å². The molecule has 1 aliphatic rings. The number of ether oxygens (including phenoxy) is 2. The average molecular weight is 290 g/mol. The van der Waals surface area contributed by atoms with Crippen LogP contribution in [0.15, 0.2) is 18.2 Å². The molecule has 2 rings (SSSR count). The van der Waals surface area contributed by atoms with Crippen LogP contribution >= 0.6 is 23.2 Å². The molecule has 0 radical (unpaired) electrons. The fraction of sp³-hybridized carbons (Fsp3) is 0.417. The van der Waals surface area contributed by atoms with Gasteiger partial charge in [0.05, 0.1) is 12.1 Å². The molecule has 98 valence electrons. The molecule has 2 atom stereocenters. The Morgan fingerprint density at radius 3 is 2.89 bits per heavy atom. The van der Waals surface area contributed by atoms with Crippen LogP contribution in [-0.2, 0) is 9.53 Å². The Morgan fingerprint density at radius 1 is 1.44 bits per heavy atom. The molecule has 18 heavy (non-hydrogen) atoms. The zero-order chi connectivity index (χ0) is 13.1. The summed E-state index contributed by atoms with van der Waals surface area (Å²) in [5, 5.41) is 4.06. The third-order valence-electron chi connectivity index (χ3n) is 2.76. The largest absolute Gasteiger partial charge is 0.487 e. The Balaban J connectivity index is 1.97. The molecule has 0 aliphatic carbocycles. The second kappa shape index (κ2) is 5.78. The third kappa shape index (κ3) is 3.07. The molecule has 1 N–H and O–H groups in total. The summed E-state index contributed by atoms with van der Waals surface area (Å²) in [4.78, 5) is 11.3. The van der Waals surface area contributed by atoms with Crippen molar-refractivity contribution in [1.82, 2.24) is 5.32 Å². The van der Waals surface area contributed by atoms with Gasteiger partial charge in [-0.2, -0.15) is 0 Å². The zero-order valence-corrected chi connectivity index (χ0v) is 11.3. The fourth-order valence-electron chi connectivity index (χ4n) is 1.87. The molecule has 0 aromatic heterocycles. The van der Waals surface area contributed by atoms with Gasteiger partial charge in [-0.15, -0.1) is 0 Å². The summed E-state index contributed by atoms with van der Waals surface area (Å²) in [6.45, 7) is 0.582. The summed E-state index contributed by atoms with van der Waals surface area (Å²) in [6.07, 6.45) is 0.457. The minimum Gasteiger partial charge on any atom is -0.487 e. The van der Waals surface area contributed by atoms with Crippen LogP contribution in [-0.4, -0.2) is 31.8 Å². The average Bonchev–Trinajstić information content (AvgIpc) is 2.80. The van der Waals surface area contributed by atoms with Crippen molar-refractivity contribution in [3.05, 3.63) is 28.2 Å². The maximum Gasteiger partial charge on any atom is 0.323 e. The summed E-state index contributed by atoms with van der Waals surface area (Å²) in [6, 6.07) is 4.74. The third-order valence-corrected chi connectivity index (χ3v) is 3.29. The SMILES string of the molecule is COC(=O)[C@H]1C[C@@H](Oc2ccc(Cl)cc2Cl)CN1. The highest BCUT2D eigenvalue weighted by Crippen LogP contribution is 2.29. The van der Waals surface area contributed by atoms with Gasteiger partial charge in [-0.3, -0.25) is 4.79 Å². The van der Waals surface area contributed by atoms with E-state index in [9.17, 15) is 4.79 Å². The van der Waals surface area contributed by atoms with Crippen LogP contribution in [0.3, 0.4) is 0 Å². The number of nitrogens with one attached hydrogen (secondary N) is 1. The molecule has 0 saturated carbocycles. The van der Waals surface area contributed by atoms with E-state index in [1.165, 1.54) is 7.11 Å². The second-order valence-corrected chi connectivity index (χ2v) is 4.88. The number of esters is 1. The molecule has 4 nitrogen and oxygen atoms in total. The van der Waals surface area contributed by atoms with Gasteiger partial charge in [-0.05, 0) is 18.2 Å². The van der Waals surface area contributed by atoms with Crippen molar-refractivity contribution in [2.75, 3.05) is 13.7 Å². The van der Waals surface area contributed by atoms with Crippen LogP contribution in [0.4, 0.5) is 0 Å². The first-order valence-corrected chi connectivity index (χ1v) is 6.28.